The van der Waals surface area contributed by atoms with Crippen LogP contribution in [0.15, 0.2) is 0 Å². The van der Waals surface area contributed by atoms with E-state index in [1.54, 1.807) is 0 Å². The quantitative estimate of drug-likeness (QED) is 0.728. The van der Waals surface area contributed by atoms with Crippen molar-refractivity contribution in [2.75, 3.05) is 46.9 Å². The molecule has 1 heterocycles. The van der Waals surface area contributed by atoms with Crippen LogP contribution in [0.5, 0.6) is 0 Å². The Hall–Kier alpha value is -0.120. The van der Waals surface area contributed by atoms with Gasteiger partial charge in [0.15, 0.2) is 0 Å². The van der Waals surface area contributed by atoms with E-state index in [2.05, 4.69) is 44.5 Å². The highest BCUT2D eigenvalue weighted by atomic mass is 16.5. The maximum atomic E-state index is 5.63. The first-order valence-corrected chi connectivity index (χ1v) is 6.24. The highest BCUT2D eigenvalue weighted by Gasteiger charge is 2.38. The highest BCUT2D eigenvalue weighted by Crippen LogP contribution is 2.34. The van der Waals surface area contributed by atoms with E-state index in [9.17, 15) is 0 Å². The van der Waals surface area contributed by atoms with Gasteiger partial charge in [0.2, 0.25) is 0 Å². The van der Waals surface area contributed by atoms with Gasteiger partial charge in [0.1, 0.15) is 0 Å². The Bertz CT molecular complexity index is 218. The topological polar surface area (TPSA) is 15.7 Å². The number of hydrogen-bond acceptors (Lipinski definition) is 3. The molecule has 0 aliphatic carbocycles. The lowest BCUT2D eigenvalue weighted by atomic mass is 9.76. The van der Waals surface area contributed by atoms with Gasteiger partial charge >= 0.3 is 0 Å². The van der Waals surface area contributed by atoms with Crippen molar-refractivity contribution < 1.29 is 4.74 Å². The van der Waals surface area contributed by atoms with Crippen LogP contribution in [0.25, 0.3) is 0 Å². The van der Waals surface area contributed by atoms with Gasteiger partial charge in [-0.1, -0.05) is 13.8 Å². The first-order chi connectivity index (χ1) is 7.28. The number of methoxy groups -OCH3 is 1. The van der Waals surface area contributed by atoms with Gasteiger partial charge < -0.3 is 14.5 Å². The number of hydrogen-bond donors (Lipinski definition) is 0. The number of piperazine rings is 1. The lowest BCUT2D eigenvalue weighted by Gasteiger charge is -2.45. The molecular weight excluding hydrogens is 200 g/mol. The van der Waals surface area contributed by atoms with Gasteiger partial charge in [-0.25, -0.2) is 0 Å². The Labute approximate surface area is 101 Å². The Morgan fingerprint density at radius 2 is 1.50 bits per heavy atom. The zero-order chi connectivity index (χ0) is 12.4. The Morgan fingerprint density at radius 1 is 1.00 bits per heavy atom. The van der Waals surface area contributed by atoms with Crippen LogP contribution in [0, 0.1) is 5.41 Å². The van der Waals surface area contributed by atoms with Crippen molar-refractivity contribution in [2.45, 2.75) is 33.3 Å². The Kier molecular flexibility index (Phi) is 4.38. The summed E-state index contributed by atoms with van der Waals surface area (Å²) in [5.41, 5.74) is 0.105. The second kappa shape index (κ2) is 5.03. The van der Waals surface area contributed by atoms with Crippen LogP contribution >= 0.6 is 0 Å². The van der Waals surface area contributed by atoms with Crippen LogP contribution in [0.1, 0.15) is 27.7 Å². The lowest BCUT2D eigenvalue weighted by Crippen LogP contribution is -2.53. The molecule has 1 fully saturated rings. The number of rotatable bonds is 4. The smallest absolute Gasteiger partial charge is 0.0685 e. The molecule has 1 aliphatic rings. The van der Waals surface area contributed by atoms with Crippen molar-refractivity contribution in [3.63, 3.8) is 0 Å². The van der Waals surface area contributed by atoms with E-state index in [1.165, 1.54) is 26.2 Å². The predicted octanol–water partition coefficient (Wildman–Crippen LogP) is 1.69. The Balaban J connectivity index is 2.52. The maximum absolute atomic E-state index is 5.63. The first-order valence-electron chi connectivity index (χ1n) is 6.24. The third-order valence-corrected chi connectivity index (χ3v) is 4.35. The predicted molar refractivity (Wildman–Crippen MR) is 68.8 cm³/mol. The molecule has 0 aromatic carbocycles. The van der Waals surface area contributed by atoms with Crippen LogP contribution < -0.4 is 0 Å². The average molecular weight is 228 g/mol. The lowest BCUT2D eigenvalue weighted by molar-refractivity contribution is -0.0860. The molecule has 1 rings (SSSR count). The van der Waals surface area contributed by atoms with Crippen molar-refractivity contribution in [3.8, 4) is 0 Å². The standard InChI is InChI=1S/C13H28N2O/c1-12(2,13(3,4)16-6)11-15-9-7-14(5)8-10-15/h7-11H2,1-6H3. The molecule has 1 saturated heterocycles. The zero-order valence-corrected chi connectivity index (χ0v) is 11.8. The summed E-state index contributed by atoms with van der Waals surface area (Å²) in [6, 6.07) is 0. The molecule has 0 atom stereocenters. The SMILES string of the molecule is COC(C)(C)C(C)(C)CN1CCN(C)CC1. The minimum atomic E-state index is -0.0731. The molecule has 16 heavy (non-hydrogen) atoms. The van der Waals surface area contributed by atoms with Crippen molar-refractivity contribution >= 4 is 0 Å². The zero-order valence-electron chi connectivity index (χ0n) is 11.8. The van der Waals surface area contributed by atoms with E-state index in [-0.39, 0.29) is 11.0 Å². The van der Waals surface area contributed by atoms with E-state index in [0.29, 0.717) is 0 Å². The monoisotopic (exact) mass is 228 g/mol. The molecule has 96 valence electrons. The van der Waals surface area contributed by atoms with Gasteiger partial charge in [-0.05, 0) is 20.9 Å². The summed E-state index contributed by atoms with van der Waals surface area (Å²) in [6.07, 6.45) is 0. The first kappa shape index (κ1) is 13.9. The molecule has 1 aliphatic heterocycles. The summed E-state index contributed by atoms with van der Waals surface area (Å²) >= 11 is 0. The van der Waals surface area contributed by atoms with Gasteiger partial charge in [-0.15, -0.1) is 0 Å². The van der Waals surface area contributed by atoms with E-state index < -0.39 is 0 Å². The van der Waals surface area contributed by atoms with E-state index in [1.807, 2.05) is 7.11 Å². The van der Waals surface area contributed by atoms with E-state index in [0.717, 1.165) is 6.54 Å². The van der Waals surface area contributed by atoms with Gasteiger partial charge in [0, 0.05) is 45.2 Å². The summed E-state index contributed by atoms with van der Waals surface area (Å²) in [5.74, 6) is 0. The molecule has 0 amide bonds. The molecule has 3 nitrogen and oxygen atoms in total. The summed E-state index contributed by atoms with van der Waals surface area (Å²) < 4.78 is 5.63. The second-order valence-electron chi connectivity index (χ2n) is 6.18. The maximum Gasteiger partial charge on any atom is 0.0685 e. The molecule has 0 N–H and O–H groups in total. The fourth-order valence-electron chi connectivity index (χ4n) is 2.03. The van der Waals surface area contributed by atoms with Crippen LogP contribution in [0.3, 0.4) is 0 Å². The average Bonchev–Trinajstić information content (AvgIpc) is 2.21. The number of likely N-dealkylation sites (N-methyl/N-ethyl adjacent to an activating group) is 1. The number of ether oxygens (including phenoxy) is 1. The van der Waals surface area contributed by atoms with Gasteiger partial charge in [0.25, 0.3) is 0 Å². The highest BCUT2D eigenvalue weighted by molar-refractivity contribution is 4.90. The molecule has 0 bridgehead atoms. The molecular formula is C13H28N2O. The molecule has 3 heteroatoms. The molecule has 0 saturated carbocycles. The number of nitrogens with zero attached hydrogens (tertiary/aromatic N) is 2. The second-order valence-corrected chi connectivity index (χ2v) is 6.18. The summed E-state index contributed by atoms with van der Waals surface area (Å²) in [5, 5.41) is 0. The molecule has 0 unspecified atom stereocenters. The Morgan fingerprint density at radius 3 is 1.94 bits per heavy atom. The molecule has 0 aromatic heterocycles. The van der Waals surface area contributed by atoms with Gasteiger partial charge in [-0.2, -0.15) is 0 Å². The largest absolute Gasteiger partial charge is 0.378 e. The fraction of sp³-hybridized carbons (Fsp3) is 1.00. The van der Waals surface area contributed by atoms with Crippen molar-refractivity contribution in [1.29, 1.82) is 0 Å². The minimum Gasteiger partial charge on any atom is -0.378 e. The van der Waals surface area contributed by atoms with E-state index >= 15 is 0 Å². The fourth-order valence-corrected chi connectivity index (χ4v) is 2.03. The van der Waals surface area contributed by atoms with Crippen molar-refractivity contribution in [2.24, 2.45) is 5.41 Å². The van der Waals surface area contributed by atoms with Crippen LogP contribution in [-0.2, 0) is 4.74 Å². The van der Waals surface area contributed by atoms with Gasteiger partial charge in [-0.3, -0.25) is 0 Å². The molecule has 0 aromatic rings. The summed E-state index contributed by atoms with van der Waals surface area (Å²) in [4.78, 5) is 4.95. The van der Waals surface area contributed by atoms with Crippen molar-refractivity contribution in [3.05, 3.63) is 0 Å². The molecule has 0 radical (unpaired) electrons. The third kappa shape index (κ3) is 3.19. The van der Waals surface area contributed by atoms with Crippen LogP contribution in [0.2, 0.25) is 0 Å². The van der Waals surface area contributed by atoms with Gasteiger partial charge in [0.05, 0.1) is 5.60 Å². The van der Waals surface area contributed by atoms with Crippen LogP contribution in [0.4, 0.5) is 0 Å². The van der Waals surface area contributed by atoms with E-state index in [4.69, 9.17) is 4.74 Å². The summed E-state index contributed by atoms with van der Waals surface area (Å²) in [7, 11) is 4.01. The van der Waals surface area contributed by atoms with Crippen LogP contribution in [-0.4, -0.2) is 62.3 Å². The van der Waals surface area contributed by atoms with Crippen molar-refractivity contribution in [1.82, 2.24) is 9.80 Å². The molecule has 0 spiro atoms. The normalized spacial score (nSPS) is 21.4. The third-order valence-electron chi connectivity index (χ3n) is 4.35. The summed E-state index contributed by atoms with van der Waals surface area (Å²) in [6.45, 7) is 14.8. The minimum absolute atomic E-state index is 0.0731.